The second kappa shape index (κ2) is 6.59. The summed E-state index contributed by atoms with van der Waals surface area (Å²) in [6.07, 6.45) is 3.38. The van der Waals surface area contributed by atoms with Gasteiger partial charge in [-0.15, -0.1) is 17.9 Å². The molecule has 0 atom stereocenters. The number of para-hydroxylation sites is 1. The summed E-state index contributed by atoms with van der Waals surface area (Å²) in [4.78, 5) is 19.0. The number of benzene rings is 1. The van der Waals surface area contributed by atoms with Crippen LogP contribution in [0.2, 0.25) is 0 Å². The normalized spacial score (nSPS) is 16.3. The van der Waals surface area contributed by atoms with E-state index in [1.165, 1.54) is 16.7 Å². The van der Waals surface area contributed by atoms with Crippen molar-refractivity contribution in [1.82, 2.24) is 9.88 Å². The summed E-state index contributed by atoms with van der Waals surface area (Å²) in [6, 6.07) is 11.7. The number of fused-ring (bicyclic) bond motifs is 1. The molecule has 4 nitrogen and oxygen atoms in total. The van der Waals surface area contributed by atoms with Crippen LogP contribution in [0.5, 0.6) is 0 Å². The third-order valence-electron chi connectivity index (χ3n) is 3.59. The van der Waals surface area contributed by atoms with Gasteiger partial charge in [0.15, 0.2) is 10.8 Å². The van der Waals surface area contributed by atoms with E-state index in [0.29, 0.717) is 27.3 Å². The van der Waals surface area contributed by atoms with Crippen molar-refractivity contribution in [2.45, 2.75) is 0 Å². The van der Waals surface area contributed by atoms with Gasteiger partial charge in [0, 0.05) is 12.6 Å². The lowest BCUT2D eigenvalue weighted by molar-refractivity contribution is -0.121. The maximum Gasteiger partial charge on any atom is 0.266 e. The van der Waals surface area contributed by atoms with E-state index in [-0.39, 0.29) is 5.91 Å². The number of aromatic nitrogens is 1. The largest absolute Gasteiger partial charge is 0.454 e. The molecule has 1 fully saturated rings. The number of carbonyl (C=O) groups is 1. The Labute approximate surface area is 157 Å². The topological polar surface area (TPSA) is 46.3 Å². The van der Waals surface area contributed by atoms with Crippen LogP contribution in [0.4, 0.5) is 0 Å². The molecule has 1 aliphatic heterocycles. The molecule has 3 aromatic rings. The molecule has 0 spiro atoms. The Morgan fingerprint density at radius 1 is 1.28 bits per heavy atom. The summed E-state index contributed by atoms with van der Waals surface area (Å²) in [7, 11) is 0. The molecular weight excluding hydrogens is 372 g/mol. The monoisotopic (exact) mass is 384 g/mol. The van der Waals surface area contributed by atoms with Crippen molar-refractivity contribution in [3.8, 4) is 10.8 Å². The minimum Gasteiger partial charge on any atom is -0.454 e. The van der Waals surface area contributed by atoms with E-state index in [1.807, 2.05) is 36.4 Å². The molecule has 0 unspecified atom stereocenters. The lowest BCUT2D eigenvalue weighted by Gasteiger charge is -2.10. The number of amides is 1. The van der Waals surface area contributed by atoms with E-state index in [2.05, 4.69) is 11.6 Å². The first-order valence-electron chi connectivity index (χ1n) is 7.48. The fourth-order valence-electron chi connectivity index (χ4n) is 2.44. The minimum absolute atomic E-state index is 0.118. The first-order chi connectivity index (χ1) is 12.2. The predicted octanol–water partition coefficient (Wildman–Crippen LogP) is 4.94. The molecule has 1 aliphatic rings. The molecule has 25 heavy (non-hydrogen) atoms. The van der Waals surface area contributed by atoms with Crippen molar-refractivity contribution in [1.29, 1.82) is 0 Å². The number of hydrogen-bond acceptors (Lipinski definition) is 6. The molecule has 0 saturated carbocycles. The Bertz CT molecular complexity index is 999. The Balaban J connectivity index is 1.62. The molecule has 1 saturated heterocycles. The molecule has 0 aliphatic carbocycles. The number of furan rings is 1. The molecule has 7 heteroatoms. The van der Waals surface area contributed by atoms with Gasteiger partial charge in [-0.25, -0.2) is 4.98 Å². The van der Waals surface area contributed by atoms with E-state index in [0.717, 1.165) is 15.2 Å². The molecule has 1 aromatic carbocycles. The van der Waals surface area contributed by atoms with Gasteiger partial charge in [-0.1, -0.05) is 42.2 Å². The van der Waals surface area contributed by atoms with Gasteiger partial charge in [0.05, 0.1) is 15.1 Å². The highest BCUT2D eigenvalue weighted by Gasteiger charge is 2.31. The van der Waals surface area contributed by atoms with Crippen LogP contribution in [0, 0.1) is 0 Å². The lowest BCUT2D eigenvalue weighted by atomic mass is 10.3. The molecular formula is C18H12N2O2S3. The predicted molar refractivity (Wildman–Crippen MR) is 107 cm³/mol. The zero-order chi connectivity index (χ0) is 17.4. The number of thiocarbonyl (C=S) groups is 1. The van der Waals surface area contributed by atoms with E-state index in [1.54, 1.807) is 23.5 Å². The molecule has 0 N–H and O–H groups in total. The maximum absolute atomic E-state index is 12.4. The van der Waals surface area contributed by atoms with Crippen LogP contribution >= 0.6 is 35.3 Å². The van der Waals surface area contributed by atoms with E-state index >= 15 is 0 Å². The van der Waals surface area contributed by atoms with Gasteiger partial charge >= 0.3 is 0 Å². The van der Waals surface area contributed by atoms with E-state index in [9.17, 15) is 4.79 Å². The third kappa shape index (κ3) is 3.06. The van der Waals surface area contributed by atoms with Gasteiger partial charge in [-0.2, -0.15) is 0 Å². The van der Waals surface area contributed by atoms with Gasteiger partial charge in [0.2, 0.25) is 0 Å². The fraction of sp³-hybridized carbons (Fsp3) is 0.0556. The van der Waals surface area contributed by atoms with Crippen LogP contribution in [-0.2, 0) is 4.79 Å². The second-order valence-electron chi connectivity index (χ2n) is 5.27. The van der Waals surface area contributed by atoms with Gasteiger partial charge in [-0.05, 0) is 24.3 Å². The van der Waals surface area contributed by atoms with Crippen molar-refractivity contribution in [2.75, 3.05) is 6.54 Å². The van der Waals surface area contributed by atoms with Crippen LogP contribution in [0.1, 0.15) is 5.76 Å². The fourth-order valence-corrected chi connectivity index (χ4v) is 4.62. The van der Waals surface area contributed by atoms with Crippen molar-refractivity contribution >= 4 is 61.8 Å². The number of thiazole rings is 1. The number of nitrogens with zero attached hydrogens (tertiary/aromatic N) is 2. The zero-order valence-electron chi connectivity index (χ0n) is 13.0. The minimum atomic E-state index is -0.118. The van der Waals surface area contributed by atoms with Crippen LogP contribution < -0.4 is 0 Å². The van der Waals surface area contributed by atoms with Crippen LogP contribution in [0.3, 0.4) is 0 Å². The third-order valence-corrected chi connectivity index (χ3v) is 6.02. The summed E-state index contributed by atoms with van der Waals surface area (Å²) in [5, 5.41) is 0.819. The summed E-state index contributed by atoms with van der Waals surface area (Å²) < 4.78 is 7.51. The molecule has 124 valence electrons. The highest BCUT2D eigenvalue weighted by Crippen LogP contribution is 2.35. The highest BCUT2D eigenvalue weighted by molar-refractivity contribution is 8.26. The van der Waals surface area contributed by atoms with Gasteiger partial charge in [-0.3, -0.25) is 9.69 Å². The Morgan fingerprint density at radius 2 is 2.12 bits per heavy atom. The summed E-state index contributed by atoms with van der Waals surface area (Å²) >= 11 is 8.09. The molecule has 3 heterocycles. The Kier molecular flexibility index (Phi) is 4.29. The van der Waals surface area contributed by atoms with Crippen LogP contribution in [0.25, 0.3) is 27.1 Å². The molecule has 0 bridgehead atoms. The van der Waals surface area contributed by atoms with Gasteiger partial charge in [0.1, 0.15) is 10.1 Å². The van der Waals surface area contributed by atoms with Crippen molar-refractivity contribution < 1.29 is 9.21 Å². The lowest BCUT2D eigenvalue weighted by Crippen LogP contribution is -2.27. The summed E-state index contributed by atoms with van der Waals surface area (Å²) in [6.45, 7) is 4.06. The molecule has 4 rings (SSSR count). The number of thioether (sulfide) groups is 1. The molecule has 2 aromatic heterocycles. The Morgan fingerprint density at radius 3 is 2.92 bits per heavy atom. The number of rotatable bonds is 4. The number of hydrogen-bond donors (Lipinski definition) is 0. The molecule has 0 radical (unpaired) electrons. The van der Waals surface area contributed by atoms with Crippen molar-refractivity contribution in [2.24, 2.45) is 0 Å². The van der Waals surface area contributed by atoms with E-state index in [4.69, 9.17) is 16.6 Å². The quantitative estimate of drug-likeness (QED) is 0.362. The SMILES string of the molecule is C=CCN1C(=O)/C(=C\c2ccc(-c3nc4ccccc4s3)o2)SC1=S. The van der Waals surface area contributed by atoms with Crippen LogP contribution in [0.15, 0.2) is 58.4 Å². The highest BCUT2D eigenvalue weighted by atomic mass is 32.2. The zero-order valence-corrected chi connectivity index (χ0v) is 15.4. The van der Waals surface area contributed by atoms with E-state index < -0.39 is 0 Å². The van der Waals surface area contributed by atoms with Crippen LogP contribution in [-0.4, -0.2) is 26.7 Å². The second-order valence-corrected chi connectivity index (χ2v) is 7.98. The average molecular weight is 385 g/mol. The van der Waals surface area contributed by atoms with Crippen molar-refractivity contribution in [3.05, 3.63) is 59.7 Å². The number of carbonyl (C=O) groups excluding carboxylic acids is 1. The smallest absolute Gasteiger partial charge is 0.266 e. The first kappa shape index (κ1) is 16.3. The summed E-state index contributed by atoms with van der Waals surface area (Å²) in [5.74, 6) is 1.18. The summed E-state index contributed by atoms with van der Waals surface area (Å²) in [5.41, 5.74) is 0.950. The van der Waals surface area contributed by atoms with Crippen molar-refractivity contribution in [3.63, 3.8) is 0 Å². The maximum atomic E-state index is 12.4. The van der Waals surface area contributed by atoms with Gasteiger partial charge < -0.3 is 4.42 Å². The standard InChI is InChI=1S/C18H12N2O2S3/c1-2-9-20-17(21)15(25-18(20)23)10-11-7-8-13(22-11)16-19-12-5-3-4-6-14(12)24-16/h2-8,10H,1,9H2/b15-10+. The van der Waals surface area contributed by atoms with Gasteiger partial charge in [0.25, 0.3) is 5.91 Å². The molecule has 1 amide bonds. The first-order valence-corrected chi connectivity index (χ1v) is 9.52. The Hall–Kier alpha value is -2.22. The average Bonchev–Trinajstić information content (AvgIpc) is 3.29.